The van der Waals surface area contributed by atoms with Gasteiger partial charge in [0.1, 0.15) is 5.69 Å². The van der Waals surface area contributed by atoms with Crippen LogP contribution in [0.1, 0.15) is 12.5 Å². The molecule has 0 fully saturated rings. The highest BCUT2D eigenvalue weighted by molar-refractivity contribution is 5.53. The second-order valence-electron chi connectivity index (χ2n) is 4.32. The molecule has 1 aromatic carbocycles. The predicted molar refractivity (Wildman–Crippen MR) is 65.2 cm³/mol. The van der Waals surface area contributed by atoms with Crippen molar-refractivity contribution < 1.29 is 4.92 Å². The third kappa shape index (κ3) is 2.56. The average Bonchev–Trinajstić information content (AvgIpc) is 2.28. The van der Waals surface area contributed by atoms with E-state index in [-0.39, 0.29) is 10.6 Å². The van der Waals surface area contributed by atoms with Gasteiger partial charge in [0.15, 0.2) is 0 Å². The largest absolute Gasteiger partial charge is 0.326 e. The molecule has 0 unspecified atom stereocenters. The number of hydrogen-bond donors (Lipinski definition) is 1. The standard InChI is InChI=1S/C11H18N3O2/c1-4-14(2,3)11-6-9(8-12)5-10(7-11)13(15)16/h5-7H,4,8,12H2,1-3H3/q+1. The van der Waals surface area contributed by atoms with Gasteiger partial charge in [-0.3, -0.25) is 14.6 Å². The summed E-state index contributed by atoms with van der Waals surface area (Å²) < 4.78 is 0.606. The molecular weight excluding hydrogens is 206 g/mol. The van der Waals surface area contributed by atoms with Gasteiger partial charge in [0.25, 0.3) is 5.69 Å². The first-order valence-electron chi connectivity index (χ1n) is 5.22. The van der Waals surface area contributed by atoms with E-state index in [1.165, 1.54) is 6.07 Å². The van der Waals surface area contributed by atoms with Gasteiger partial charge in [-0.2, -0.15) is 0 Å². The van der Waals surface area contributed by atoms with E-state index >= 15 is 0 Å². The summed E-state index contributed by atoms with van der Waals surface area (Å²) in [7, 11) is 4.03. The monoisotopic (exact) mass is 224 g/mol. The summed E-state index contributed by atoms with van der Waals surface area (Å²) in [5.74, 6) is 0. The molecule has 0 spiro atoms. The summed E-state index contributed by atoms with van der Waals surface area (Å²) in [6.45, 7) is 3.23. The Morgan fingerprint density at radius 2 is 2.00 bits per heavy atom. The molecule has 0 aliphatic heterocycles. The van der Waals surface area contributed by atoms with Crippen molar-refractivity contribution in [1.29, 1.82) is 0 Å². The fourth-order valence-corrected chi connectivity index (χ4v) is 1.41. The van der Waals surface area contributed by atoms with E-state index in [4.69, 9.17) is 5.73 Å². The van der Waals surface area contributed by atoms with E-state index in [2.05, 4.69) is 0 Å². The molecule has 88 valence electrons. The fraction of sp³-hybridized carbons (Fsp3) is 0.455. The van der Waals surface area contributed by atoms with Crippen LogP contribution in [0.4, 0.5) is 11.4 Å². The number of nitrogens with two attached hydrogens (primary N) is 1. The van der Waals surface area contributed by atoms with Crippen LogP contribution in [-0.4, -0.2) is 25.6 Å². The summed E-state index contributed by atoms with van der Waals surface area (Å²) in [5, 5.41) is 10.8. The molecular formula is C11H18N3O2+. The molecule has 0 aliphatic carbocycles. The van der Waals surface area contributed by atoms with Crippen molar-refractivity contribution in [2.45, 2.75) is 13.5 Å². The summed E-state index contributed by atoms with van der Waals surface area (Å²) in [6.07, 6.45) is 0. The number of rotatable bonds is 4. The van der Waals surface area contributed by atoms with Gasteiger partial charge in [-0.15, -0.1) is 0 Å². The molecule has 1 rings (SSSR count). The lowest BCUT2D eigenvalue weighted by Gasteiger charge is -2.27. The third-order valence-corrected chi connectivity index (χ3v) is 2.90. The van der Waals surface area contributed by atoms with Crippen molar-refractivity contribution in [1.82, 2.24) is 4.48 Å². The van der Waals surface area contributed by atoms with Crippen LogP contribution < -0.4 is 10.2 Å². The van der Waals surface area contributed by atoms with Crippen molar-refractivity contribution in [3.63, 3.8) is 0 Å². The molecule has 0 aromatic heterocycles. The molecule has 0 atom stereocenters. The fourth-order valence-electron chi connectivity index (χ4n) is 1.41. The van der Waals surface area contributed by atoms with Crippen LogP contribution in [0.25, 0.3) is 0 Å². The van der Waals surface area contributed by atoms with Gasteiger partial charge in [0.2, 0.25) is 0 Å². The van der Waals surface area contributed by atoms with Gasteiger partial charge in [0.05, 0.1) is 31.6 Å². The number of nitro groups is 1. The van der Waals surface area contributed by atoms with E-state index in [0.29, 0.717) is 11.0 Å². The topological polar surface area (TPSA) is 69.2 Å². The van der Waals surface area contributed by atoms with Gasteiger partial charge >= 0.3 is 0 Å². The minimum absolute atomic E-state index is 0.109. The first-order valence-corrected chi connectivity index (χ1v) is 5.22. The molecule has 0 saturated carbocycles. The summed E-state index contributed by atoms with van der Waals surface area (Å²) in [6, 6.07) is 5.07. The maximum atomic E-state index is 10.8. The van der Waals surface area contributed by atoms with Gasteiger partial charge < -0.3 is 5.73 Å². The maximum Gasteiger partial charge on any atom is 0.275 e. The van der Waals surface area contributed by atoms with E-state index in [9.17, 15) is 10.1 Å². The van der Waals surface area contributed by atoms with Crippen LogP contribution in [0.5, 0.6) is 0 Å². The summed E-state index contributed by atoms with van der Waals surface area (Å²) in [4.78, 5) is 10.4. The van der Waals surface area contributed by atoms with Crippen molar-refractivity contribution in [2.24, 2.45) is 5.73 Å². The Bertz CT molecular complexity index is 402. The molecule has 0 radical (unpaired) electrons. The van der Waals surface area contributed by atoms with Crippen LogP contribution >= 0.6 is 0 Å². The zero-order valence-electron chi connectivity index (χ0n) is 9.93. The van der Waals surface area contributed by atoms with Crippen LogP contribution in [0.15, 0.2) is 18.2 Å². The molecule has 0 heterocycles. The molecule has 0 saturated heterocycles. The number of quaternary nitrogens is 1. The first-order chi connectivity index (χ1) is 7.40. The Labute approximate surface area is 95.2 Å². The van der Waals surface area contributed by atoms with E-state index < -0.39 is 0 Å². The smallest absolute Gasteiger partial charge is 0.275 e. The Morgan fingerprint density at radius 1 is 1.38 bits per heavy atom. The second kappa shape index (κ2) is 4.59. The number of hydrogen-bond acceptors (Lipinski definition) is 3. The predicted octanol–water partition coefficient (Wildman–Crippen LogP) is 1.64. The molecule has 0 aliphatic rings. The van der Waals surface area contributed by atoms with Gasteiger partial charge in [-0.25, -0.2) is 0 Å². The SMILES string of the molecule is CC[N+](C)(C)c1cc(CN)cc([N+](=O)[O-])c1. The number of non-ortho nitro benzene ring substituents is 1. The Kier molecular flexibility index (Phi) is 3.62. The second-order valence-corrected chi connectivity index (χ2v) is 4.32. The lowest BCUT2D eigenvalue weighted by molar-refractivity contribution is -0.384. The summed E-state index contributed by atoms with van der Waals surface area (Å²) in [5.41, 5.74) is 7.36. The quantitative estimate of drug-likeness (QED) is 0.480. The van der Waals surface area contributed by atoms with Crippen LogP contribution in [0.3, 0.4) is 0 Å². The van der Waals surface area contributed by atoms with E-state index in [1.807, 2.05) is 27.1 Å². The first kappa shape index (κ1) is 12.6. The molecule has 5 nitrogen and oxygen atoms in total. The highest BCUT2D eigenvalue weighted by Gasteiger charge is 2.21. The Balaban J connectivity index is 3.29. The van der Waals surface area contributed by atoms with Gasteiger partial charge in [-0.1, -0.05) is 0 Å². The molecule has 5 heteroatoms. The zero-order chi connectivity index (χ0) is 12.3. The minimum Gasteiger partial charge on any atom is -0.326 e. The third-order valence-electron chi connectivity index (χ3n) is 2.90. The van der Waals surface area contributed by atoms with Crippen molar-refractivity contribution in [3.8, 4) is 0 Å². The zero-order valence-corrected chi connectivity index (χ0v) is 9.93. The lowest BCUT2D eigenvalue weighted by Crippen LogP contribution is -2.40. The number of nitro benzene ring substituents is 1. The van der Waals surface area contributed by atoms with Gasteiger partial charge in [-0.05, 0) is 12.5 Å². The average molecular weight is 224 g/mol. The summed E-state index contributed by atoms with van der Waals surface area (Å²) >= 11 is 0. The number of nitrogens with zero attached hydrogens (tertiary/aromatic N) is 2. The normalized spacial score (nSPS) is 11.5. The van der Waals surface area contributed by atoms with Crippen molar-refractivity contribution >= 4 is 11.4 Å². The molecule has 0 amide bonds. The van der Waals surface area contributed by atoms with Crippen molar-refractivity contribution in [2.75, 3.05) is 20.6 Å². The van der Waals surface area contributed by atoms with Gasteiger partial charge in [0, 0.05) is 18.7 Å². The molecule has 2 N–H and O–H groups in total. The van der Waals surface area contributed by atoms with Crippen LogP contribution in [0, 0.1) is 10.1 Å². The van der Waals surface area contributed by atoms with E-state index in [1.54, 1.807) is 6.07 Å². The van der Waals surface area contributed by atoms with Crippen LogP contribution in [0.2, 0.25) is 0 Å². The molecule has 16 heavy (non-hydrogen) atoms. The lowest BCUT2D eigenvalue weighted by atomic mass is 10.1. The minimum atomic E-state index is -0.377. The van der Waals surface area contributed by atoms with Crippen LogP contribution in [-0.2, 0) is 6.54 Å². The molecule has 1 aromatic rings. The number of benzene rings is 1. The molecule has 0 bridgehead atoms. The highest BCUT2D eigenvalue weighted by atomic mass is 16.6. The maximum absolute atomic E-state index is 10.8. The Morgan fingerprint density at radius 3 is 2.44 bits per heavy atom. The van der Waals surface area contributed by atoms with Crippen molar-refractivity contribution in [3.05, 3.63) is 33.9 Å². The van der Waals surface area contributed by atoms with E-state index in [0.717, 1.165) is 17.8 Å². The Hall–Kier alpha value is -1.46. The highest BCUT2D eigenvalue weighted by Crippen LogP contribution is 2.26.